The number of thiazole rings is 1. The van der Waals surface area contributed by atoms with Gasteiger partial charge in [-0.3, -0.25) is 14.2 Å². The zero-order valence-corrected chi connectivity index (χ0v) is 19.4. The number of hydrogen-bond donors (Lipinski definition) is 2. The molecule has 0 saturated heterocycles. The van der Waals surface area contributed by atoms with Crippen LogP contribution in [-0.4, -0.2) is 15.6 Å². The average Bonchev–Trinajstić information content (AvgIpc) is 3.13. The maximum atomic E-state index is 13.7. The number of fused-ring (bicyclic) bond motifs is 1. The SMILES string of the molecule is CC1=C(C(=O)Nc2ccccc2)C(c2ccc(F)cc2)n2c(sc(=Cc3cccc(O)c3)c2=O)=N1. The quantitative estimate of drug-likeness (QED) is 0.462. The number of para-hydroxylation sites is 1. The van der Waals surface area contributed by atoms with Crippen molar-refractivity contribution in [1.29, 1.82) is 0 Å². The monoisotopic (exact) mass is 485 g/mol. The van der Waals surface area contributed by atoms with Crippen molar-refractivity contribution in [1.82, 2.24) is 4.57 Å². The van der Waals surface area contributed by atoms with Gasteiger partial charge in [0.2, 0.25) is 0 Å². The van der Waals surface area contributed by atoms with Gasteiger partial charge in [-0.05, 0) is 60.5 Å². The molecule has 0 saturated carbocycles. The molecule has 3 aromatic carbocycles. The van der Waals surface area contributed by atoms with Crippen LogP contribution in [0, 0.1) is 5.82 Å². The first-order valence-corrected chi connectivity index (χ1v) is 11.7. The van der Waals surface area contributed by atoms with Crippen LogP contribution in [0.15, 0.2) is 99.9 Å². The van der Waals surface area contributed by atoms with E-state index >= 15 is 0 Å². The van der Waals surface area contributed by atoms with Gasteiger partial charge in [-0.25, -0.2) is 9.38 Å². The van der Waals surface area contributed by atoms with Gasteiger partial charge in [0, 0.05) is 5.69 Å². The Morgan fingerprint density at radius 1 is 1.09 bits per heavy atom. The smallest absolute Gasteiger partial charge is 0.271 e. The van der Waals surface area contributed by atoms with Crippen LogP contribution in [-0.2, 0) is 4.79 Å². The van der Waals surface area contributed by atoms with Crippen molar-refractivity contribution >= 4 is 29.0 Å². The third-order valence-electron chi connectivity index (χ3n) is 5.65. The first kappa shape index (κ1) is 22.5. The van der Waals surface area contributed by atoms with Gasteiger partial charge in [-0.2, -0.15) is 0 Å². The number of benzene rings is 3. The minimum atomic E-state index is -0.790. The number of halogens is 1. The number of phenolic OH excluding ortho intramolecular Hbond substituents is 1. The Balaban J connectivity index is 1.68. The number of anilines is 1. The van der Waals surface area contributed by atoms with Gasteiger partial charge in [0.15, 0.2) is 4.80 Å². The van der Waals surface area contributed by atoms with Crippen molar-refractivity contribution in [3.63, 3.8) is 0 Å². The lowest BCUT2D eigenvalue weighted by molar-refractivity contribution is -0.113. The number of hydrogen-bond acceptors (Lipinski definition) is 5. The molecule has 1 aliphatic rings. The van der Waals surface area contributed by atoms with E-state index in [2.05, 4.69) is 10.3 Å². The molecule has 1 atom stereocenters. The molecule has 0 fully saturated rings. The van der Waals surface area contributed by atoms with Gasteiger partial charge < -0.3 is 10.4 Å². The van der Waals surface area contributed by atoms with Crippen molar-refractivity contribution in [2.24, 2.45) is 4.99 Å². The third kappa shape index (κ3) is 4.43. The van der Waals surface area contributed by atoms with E-state index in [0.717, 1.165) is 0 Å². The molecule has 0 bridgehead atoms. The highest BCUT2D eigenvalue weighted by molar-refractivity contribution is 7.07. The summed E-state index contributed by atoms with van der Waals surface area (Å²) >= 11 is 1.19. The number of rotatable bonds is 4. The van der Waals surface area contributed by atoms with Crippen LogP contribution in [0.5, 0.6) is 5.75 Å². The number of nitrogens with zero attached hydrogens (tertiary/aromatic N) is 2. The Kier molecular flexibility index (Phi) is 5.88. The molecule has 2 N–H and O–H groups in total. The zero-order chi connectivity index (χ0) is 24.5. The molecule has 1 aromatic heterocycles. The van der Waals surface area contributed by atoms with Gasteiger partial charge in [0.25, 0.3) is 11.5 Å². The first-order valence-electron chi connectivity index (χ1n) is 10.8. The van der Waals surface area contributed by atoms with Crippen molar-refractivity contribution in [3.05, 3.63) is 127 Å². The van der Waals surface area contributed by atoms with E-state index in [0.29, 0.717) is 37.4 Å². The minimum Gasteiger partial charge on any atom is -0.508 e. The summed E-state index contributed by atoms with van der Waals surface area (Å²) in [5.41, 5.74) is 2.30. The van der Waals surface area contributed by atoms with Crippen LogP contribution < -0.4 is 20.2 Å². The Hall–Kier alpha value is -4.30. The van der Waals surface area contributed by atoms with E-state index in [1.807, 2.05) is 18.2 Å². The van der Waals surface area contributed by atoms with E-state index in [1.54, 1.807) is 61.5 Å². The maximum absolute atomic E-state index is 13.7. The lowest BCUT2D eigenvalue weighted by Gasteiger charge is -2.25. The predicted molar refractivity (Wildman–Crippen MR) is 133 cm³/mol. The Bertz CT molecular complexity index is 1640. The minimum absolute atomic E-state index is 0.0893. The van der Waals surface area contributed by atoms with Gasteiger partial charge in [-0.15, -0.1) is 0 Å². The van der Waals surface area contributed by atoms with Crippen molar-refractivity contribution in [3.8, 4) is 5.75 Å². The molecule has 1 amide bonds. The number of phenols is 1. The summed E-state index contributed by atoms with van der Waals surface area (Å²) in [6.07, 6.45) is 1.67. The van der Waals surface area contributed by atoms with E-state index in [4.69, 9.17) is 0 Å². The second-order valence-corrected chi connectivity index (χ2v) is 9.06. The average molecular weight is 486 g/mol. The normalized spacial score (nSPS) is 15.5. The zero-order valence-electron chi connectivity index (χ0n) is 18.6. The highest BCUT2D eigenvalue weighted by Crippen LogP contribution is 2.31. The summed E-state index contributed by atoms with van der Waals surface area (Å²) in [4.78, 5) is 32.0. The molecule has 5 rings (SSSR count). The number of carbonyl (C=O) groups is 1. The van der Waals surface area contributed by atoms with Gasteiger partial charge in [0.1, 0.15) is 11.6 Å². The molecule has 6 nitrogen and oxygen atoms in total. The van der Waals surface area contributed by atoms with Crippen LogP contribution in [0.2, 0.25) is 0 Å². The van der Waals surface area contributed by atoms with E-state index in [-0.39, 0.29) is 11.3 Å². The Morgan fingerprint density at radius 2 is 1.83 bits per heavy atom. The van der Waals surface area contributed by atoms with Crippen LogP contribution in [0.4, 0.5) is 10.1 Å². The van der Waals surface area contributed by atoms with Crippen LogP contribution in [0.3, 0.4) is 0 Å². The topological polar surface area (TPSA) is 83.7 Å². The highest BCUT2D eigenvalue weighted by atomic mass is 32.1. The predicted octanol–water partition coefficient (Wildman–Crippen LogP) is 3.72. The molecule has 8 heteroatoms. The molecule has 35 heavy (non-hydrogen) atoms. The standard InChI is InChI=1S/C27H20FN3O3S/c1-16-23(25(33)30-20-7-3-2-4-8-20)24(18-10-12-19(28)13-11-18)31-26(34)22(35-27(31)29-16)15-17-6-5-9-21(32)14-17/h2-15,24,32H,1H3,(H,30,33). The summed E-state index contributed by atoms with van der Waals surface area (Å²) in [5.74, 6) is -0.721. The number of carbonyl (C=O) groups excluding carboxylic acids is 1. The largest absolute Gasteiger partial charge is 0.508 e. The Labute approximate surface area is 203 Å². The fourth-order valence-electron chi connectivity index (χ4n) is 4.06. The maximum Gasteiger partial charge on any atom is 0.271 e. The van der Waals surface area contributed by atoms with Crippen LogP contribution >= 0.6 is 11.3 Å². The fraction of sp³-hybridized carbons (Fsp3) is 0.0741. The summed E-state index contributed by atoms with van der Waals surface area (Å²) in [6.45, 7) is 1.72. The van der Waals surface area contributed by atoms with Crippen LogP contribution in [0.25, 0.3) is 6.08 Å². The number of amides is 1. The third-order valence-corrected chi connectivity index (χ3v) is 6.63. The van der Waals surface area contributed by atoms with Crippen molar-refractivity contribution < 1.29 is 14.3 Å². The number of aromatic hydroxyl groups is 1. The van der Waals surface area contributed by atoms with Gasteiger partial charge >= 0.3 is 0 Å². The summed E-state index contributed by atoms with van der Waals surface area (Å²) in [5, 5.41) is 12.7. The molecule has 4 aromatic rings. The second kappa shape index (κ2) is 9.15. The van der Waals surface area contributed by atoms with Crippen molar-refractivity contribution in [2.45, 2.75) is 13.0 Å². The molecular weight excluding hydrogens is 465 g/mol. The molecule has 0 spiro atoms. The van der Waals surface area contributed by atoms with Gasteiger partial charge in [-0.1, -0.05) is 53.8 Å². The van der Waals surface area contributed by atoms with Crippen LogP contribution in [0.1, 0.15) is 24.1 Å². The molecule has 0 radical (unpaired) electrons. The lowest BCUT2D eigenvalue weighted by atomic mass is 9.95. The number of aromatic nitrogens is 1. The number of allylic oxidation sites excluding steroid dienone is 1. The Morgan fingerprint density at radius 3 is 2.54 bits per heavy atom. The molecule has 1 unspecified atom stereocenters. The molecule has 0 aliphatic carbocycles. The van der Waals surface area contributed by atoms with Crippen molar-refractivity contribution in [2.75, 3.05) is 5.32 Å². The second-order valence-electron chi connectivity index (χ2n) is 8.05. The highest BCUT2D eigenvalue weighted by Gasteiger charge is 2.32. The molecular formula is C27H20FN3O3S. The first-order chi connectivity index (χ1) is 16.9. The molecule has 1 aliphatic heterocycles. The fourth-order valence-corrected chi connectivity index (χ4v) is 5.10. The van der Waals surface area contributed by atoms with Gasteiger partial charge in [0.05, 0.1) is 21.8 Å². The number of nitrogens with one attached hydrogen (secondary N) is 1. The van der Waals surface area contributed by atoms with E-state index in [9.17, 15) is 19.1 Å². The molecule has 2 heterocycles. The summed E-state index contributed by atoms with van der Waals surface area (Å²) in [7, 11) is 0. The lowest BCUT2D eigenvalue weighted by Crippen LogP contribution is -2.40. The molecule has 174 valence electrons. The van der Waals surface area contributed by atoms with E-state index in [1.165, 1.54) is 28.0 Å². The summed E-state index contributed by atoms with van der Waals surface area (Å²) < 4.78 is 15.6. The van der Waals surface area contributed by atoms with E-state index < -0.39 is 17.8 Å². The summed E-state index contributed by atoms with van der Waals surface area (Å²) in [6, 6.07) is 20.5.